The SMILES string of the molecule is CSC1(CNCC(=O)NC(C)C)CCCC1. The van der Waals surface area contributed by atoms with Gasteiger partial charge in [0.1, 0.15) is 0 Å². The van der Waals surface area contributed by atoms with Gasteiger partial charge in [0.2, 0.25) is 5.91 Å². The van der Waals surface area contributed by atoms with E-state index in [9.17, 15) is 4.79 Å². The summed E-state index contributed by atoms with van der Waals surface area (Å²) in [5.41, 5.74) is 0. The molecule has 94 valence electrons. The summed E-state index contributed by atoms with van der Waals surface area (Å²) < 4.78 is 0.387. The summed E-state index contributed by atoms with van der Waals surface area (Å²) in [6, 6.07) is 0.232. The predicted molar refractivity (Wildman–Crippen MR) is 70.9 cm³/mol. The number of carbonyl (C=O) groups excluding carboxylic acids is 1. The molecular weight excluding hydrogens is 220 g/mol. The zero-order valence-corrected chi connectivity index (χ0v) is 11.5. The number of rotatable bonds is 6. The highest BCUT2D eigenvalue weighted by atomic mass is 32.2. The summed E-state index contributed by atoms with van der Waals surface area (Å²) in [6.07, 6.45) is 7.42. The van der Waals surface area contributed by atoms with Gasteiger partial charge in [-0.1, -0.05) is 12.8 Å². The molecule has 1 aliphatic rings. The second kappa shape index (κ2) is 6.50. The average Bonchev–Trinajstić information content (AvgIpc) is 2.66. The van der Waals surface area contributed by atoms with E-state index in [1.807, 2.05) is 25.6 Å². The lowest BCUT2D eigenvalue weighted by Crippen LogP contribution is -2.42. The molecular formula is C12H24N2OS. The van der Waals surface area contributed by atoms with E-state index >= 15 is 0 Å². The Bertz CT molecular complexity index is 225. The summed E-state index contributed by atoms with van der Waals surface area (Å²) in [5, 5.41) is 6.18. The predicted octanol–water partition coefficient (Wildman–Crippen LogP) is 1.78. The van der Waals surface area contributed by atoms with Gasteiger partial charge >= 0.3 is 0 Å². The van der Waals surface area contributed by atoms with E-state index in [0.29, 0.717) is 11.3 Å². The third kappa shape index (κ3) is 4.34. The van der Waals surface area contributed by atoms with Gasteiger partial charge in [-0.2, -0.15) is 11.8 Å². The van der Waals surface area contributed by atoms with Crippen molar-refractivity contribution >= 4 is 17.7 Å². The highest BCUT2D eigenvalue weighted by molar-refractivity contribution is 8.00. The summed E-state index contributed by atoms with van der Waals surface area (Å²) in [6.45, 7) is 5.37. The Hall–Kier alpha value is -0.220. The van der Waals surface area contributed by atoms with Crippen molar-refractivity contribution < 1.29 is 4.79 Å². The Morgan fingerprint density at radius 1 is 1.38 bits per heavy atom. The Morgan fingerprint density at radius 3 is 2.50 bits per heavy atom. The van der Waals surface area contributed by atoms with E-state index in [-0.39, 0.29) is 11.9 Å². The van der Waals surface area contributed by atoms with Gasteiger partial charge < -0.3 is 10.6 Å². The van der Waals surface area contributed by atoms with Crippen LogP contribution in [-0.4, -0.2) is 36.0 Å². The van der Waals surface area contributed by atoms with Crippen molar-refractivity contribution in [2.45, 2.75) is 50.3 Å². The van der Waals surface area contributed by atoms with Crippen LogP contribution in [0.2, 0.25) is 0 Å². The third-order valence-electron chi connectivity index (χ3n) is 3.13. The number of hydrogen-bond donors (Lipinski definition) is 2. The normalized spacial score (nSPS) is 19.0. The summed E-state index contributed by atoms with van der Waals surface area (Å²) in [7, 11) is 0. The van der Waals surface area contributed by atoms with Crippen molar-refractivity contribution in [3.63, 3.8) is 0 Å². The molecule has 0 saturated heterocycles. The highest BCUT2D eigenvalue weighted by Gasteiger charge is 2.32. The van der Waals surface area contributed by atoms with Gasteiger partial charge in [0, 0.05) is 17.3 Å². The molecule has 0 atom stereocenters. The molecule has 1 saturated carbocycles. The van der Waals surface area contributed by atoms with E-state index < -0.39 is 0 Å². The van der Waals surface area contributed by atoms with Crippen molar-refractivity contribution in [2.24, 2.45) is 0 Å². The number of amides is 1. The number of carbonyl (C=O) groups is 1. The second-order valence-corrected chi connectivity index (χ2v) is 6.19. The minimum absolute atomic E-state index is 0.101. The van der Waals surface area contributed by atoms with Crippen LogP contribution in [0, 0.1) is 0 Å². The molecule has 0 aromatic carbocycles. The van der Waals surface area contributed by atoms with Gasteiger partial charge in [-0.3, -0.25) is 4.79 Å². The fourth-order valence-corrected chi connectivity index (χ4v) is 3.19. The maximum Gasteiger partial charge on any atom is 0.234 e. The maximum absolute atomic E-state index is 11.4. The quantitative estimate of drug-likeness (QED) is 0.748. The molecule has 0 spiro atoms. The number of thioether (sulfide) groups is 1. The molecule has 3 nitrogen and oxygen atoms in total. The molecule has 16 heavy (non-hydrogen) atoms. The van der Waals surface area contributed by atoms with Crippen LogP contribution in [0.1, 0.15) is 39.5 Å². The Balaban J connectivity index is 2.21. The second-order valence-electron chi connectivity index (χ2n) is 4.92. The molecule has 0 bridgehead atoms. The molecule has 0 aliphatic heterocycles. The van der Waals surface area contributed by atoms with Gasteiger partial charge in [-0.15, -0.1) is 0 Å². The standard InChI is InChI=1S/C12H24N2OS/c1-10(2)14-11(15)8-13-9-12(16-3)6-4-5-7-12/h10,13H,4-9H2,1-3H3,(H,14,15). The average molecular weight is 244 g/mol. The lowest BCUT2D eigenvalue weighted by atomic mass is 10.1. The lowest BCUT2D eigenvalue weighted by molar-refractivity contribution is -0.120. The first-order valence-corrected chi connectivity index (χ1v) is 7.36. The van der Waals surface area contributed by atoms with Crippen molar-refractivity contribution in [1.82, 2.24) is 10.6 Å². The van der Waals surface area contributed by atoms with E-state index in [0.717, 1.165) is 6.54 Å². The molecule has 1 amide bonds. The van der Waals surface area contributed by atoms with Gasteiger partial charge in [0.25, 0.3) is 0 Å². The molecule has 0 heterocycles. The van der Waals surface area contributed by atoms with Gasteiger partial charge in [-0.05, 0) is 32.9 Å². The minimum Gasteiger partial charge on any atom is -0.353 e. The molecule has 2 N–H and O–H groups in total. The fraction of sp³-hybridized carbons (Fsp3) is 0.917. The van der Waals surface area contributed by atoms with E-state index in [4.69, 9.17) is 0 Å². The van der Waals surface area contributed by atoms with Gasteiger partial charge in [0.05, 0.1) is 6.54 Å². The van der Waals surface area contributed by atoms with Crippen LogP contribution in [-0.2, 0) is 4.79 Å². The number of nitrogens with one attached hydrogen (secondary N) is 2. The molecule has 0 aromatic rings. The lowest BCUT2D eigenvalue weighted by Gasteiger charge is -2.27. The largest absolute Gasteiger partial charge is 0.353 e. The van der Waals surface area contributed by atoms with Crippen molar-refractivity contribution in [3.8, 4) is 0 Å². The highest BCUT2D eigenvalue weighted by Crippen LogP contribution is 2.39. The van der Waals surface area contributed by atoms with Crippen LogP contribution in [0.3, 0.4) is 0 Å². The van der Waals surface area contributed by atoms with Crippen LogP contribution in [0.15, 0.2) is 0 Å². The van der Waals surface area contributed by atoms with Gasteiger partial charge in [-0.25, -0.2) is 0 Å². The van der Waals surface area contributed by atoms with Crippen LogP contribution in [0.5, 0.6) is 0 Å². The van der Waals surface area contributed by atoms with Crippen molar-refractivity contribution in [1.29, 1.82) is 0 Å². The summed E-state index contributed by atoms with van der Waals surface area (Å²) in [4.78, 5) is 11.4. The first-order valence-electron chi connectivity index (χ1n) is 6.13. The third-order valence-corrected chi connectivity index (χ3v) is 4.55. The molecule has 0 unspecified atom stereocenters. The molecule has 1 fully saturated rings. The van der Waals surface area contributed by atoms with Crippen LogP contribution in [0.4, 0.5) is 0 Å². The molecule has 1 aliphatic carbocycles. The molecule has 0 aromatic heterocycles. The Kier molecular flexibility index (Phi) is 5.62. The molecule has 4 heteroatoms. The van der Waals surface area contributed by atoms with E-state index in [1.54, 1.807) is 0 Å². The summed E-state index contributed by atoms with van der Waals surface area (Å²) >= 11 is 1.95. The van der Waals surface area contributed by atoms with Gasteiger partial charge in [0.15, 0.2) is 0 Å². The minimum atomic E-state index is 0.101. The van der Waals surface area contributed by atoms with E-state index in [1.165, 1.54) is 25.7 Å². The zero-order chi connectivity index (χ0) is 12.0. The van der Waals surface area contributed by atoms with Crippen LogP contribution in [0.25, 0.3) is 0 Å². The molecule has 1 rings (SSSR count). The van der Waals surface area contributed by atoms with Crippen LogP contribution >= 0.6 is 11.8 Å². The van der Waals surface area contributed by atoms with Crippen molar-refractivity contribution in [2.75, 3.05) is 19.3 Å². The Labute approximate surface area is 103 Å². The topological polar surface area (TPSA) is 41.1 Å². The molecule has 0 radical (unpaired) electrons. The first kappa shape index (κ1) is 13.8. The van der Waals surface area contributed by atoms with Crippen molar-refractivity contribution in [3.05, 3.63) is 0 Å². The summed E-state index contributed by atoms with van der Waals surface area (Å²) in [5.74, 6) is 0.101. The monoisotopic (exact) mass is 244 g/mol. The maximum atomic E-state index is 11.4. The van der Waals surface area contributed by atoms with E-state index in [2.05, 4.69) is 16.9 Å². The Morgan fingerprint density at radius 2 is 2.00 bits per heavy atom. The smallest absolute Gasteiger partial charge is 0.234 e. The number of hydrogen-bond acceptors (Lipinski definition) is 3. The zero-order valence-electron chi connectivity index (χ0n) is 10.6. The fourth-order valence-electron chi connectivity index (χ4n) is 2.25. The first-order chi connectivity index (χ1) is 7.58. The van der Waals surface area contributed by atoms with Crippen LogP contribution < -0.4 is 10.6 Å².